The molecule has 3 rings (SSSR count). The van der Waals surface area contributed by atoms with Gasteiger partial charge >= 0.3 is 0 Å². The summed E-state index contributed by atoms with van der Waals surface area (Å²) in [6.45, 7) is 2.15. The van der Waals surface area contributed by atoms with E-state index in [9.17, 15) is 9.59 Å². The molecule has 0 bridgehead atoms. The van der Waals surface area contributed by atoms with Gasteiger partial charge in [-0.3, -0.25) is 9.59 Å². The number of rotatable bonds is 5. The van der Waals surface area contributed by atoms with E-state index >= 15 is 0 Å². The molecule has 0 radical (unpaired) electrons. The number of amides is 2. The van der Waals surface area contributed by atoms with Crippen LogP contribution >= 0.6 is 11.6 Å². The molecule has 0 saturated heterocycles. The number of benzene rings is 2. The number of aromatic nitrogens is 1. The fourth-order valence-electron chi connectivity index (χ4n) is 2.36. The highest BCUT2D eigenvalue weighted by molar-refractivity contribution is 6.28. The van der Waals surface area contributed by atoms with Gasteiger partial charge in [-0.05, 0) is 48.4 Å². The van der Waals surface area contributed by atoms with Crippen molar-refractivity contribution in [3.05, 3.63) is 58.9 Å². The molecule has 1 heterocycles. The SMILES string of the molecule is Cc1ccccc1NC(=O)CCNC(=O)c1ccc2oc(Cl)nc2c1. The quantitative estimate of drug-likeness (QED) is 0.731. The highest BCUT2D eigenvalue weighted by Gasteiger charge is 2.11. The zero-order valence-corrected chi connectivity index (χ0v) is 14.3. The monoisotopic (exact) mass is 357 g/mol. The first-order valence-corrected chi connectivity index (χ1v) is 8.10. The molecule has 6 nitrogen and oxygen atoms in total. The average Bonchev–Trinajstić information content (AvgIpc) is 2.96. The minimum Gasteiger partial charge on any atom is -0.428 e. The molecule has 0 aliphatic rings. The van der Waals surface area contributed by atoms with Crippen LogP contribution in [0.4, 0.5) is 5.69 Å². The van der Waals surface area contributed by atoms with E-state index in [0.29, 0.717) is 16.7 Å². The van der Waals surface area contributed by atoms with Crippen LogP contribution in [0.2, 0.25) is 5.35 Å². The van der Waals surface area contributed by atoms with Crippen molar-refractivity contribution in [2.24, 2.45) is 0 Å². The van der Waals surface area contributed by atoms with Gasteiger partial charge in [-0.15, -0.1) is 0 Å². The molecular formula is C18H16ClN3O3. The number of fused-ring (bicyclic) bond motifs is 1. The van der Waals surface area contributed by atoms with E-state index in [4.69, 9.17) is 16.0 Å². The summed E-state index contributed by atoms with van der Waals surface area (Å²) < 4.78 is 5.15. The summed E-state index contributed by atoms with van der Waals surface area (Å²) in [6, 6.07) is 12.4. The van der Waals surface area contributed by atoms with E-state index in [1.165, 1.54) is 0 Å². The van der Waals surface area contributed by atoms with E-state index in [1.807, 2.05) is 31.2 Å². The highest BCUT2D eigenvalue weighted by atomic mass is 35.5. The number of anilines is 1. The second-order valence-corrected chi connectivity index (χ2v) is 5.84. The molecule has 25 heavy (non-hydrogen) atoms. The summed E-state index contributed by atoms with van der Waals surface area (Å²) in [6.07, 6.45) is 0.179. The van der Waals surface area contributed by atoms with Gasteiger partial charge < -0.3 is 15.1 Å². The van der Waals surface area contributed by atoms with Crippen LogP contribution in [0.25, 0.3) is 11.1 Å². The van der Waals surface area contributed by atoms with E-state index < -0.39 is 0 Å². The second kappa shape index (κ2) is 7.36. The smallest absolute Gasteiger partial charge is 0.293 e. The van der Waals surface area contributed by atoms with Gasteiger partial charge in [0.15, 0.2) is 5.58 Å². The molecule has 0 spiro atoms. The van der Waals surface area contributed by atoms with E-state index in [2.05, 4.69) is 15.6 Å². The number of halogens is 1. The van der Waals surface area contributed by atoms with Gasteiger partial charge in [0, 0.05) is 24.2 Å². The number of carbonyl (C=O) groups is 2. The average molecular weight is 358 g/mol. The number of hydrogen-bond acceptors (Lipinski definition) is 4. The van der Waals surface area contributed by atoms with Crippen molar-refractivity contribution in [1.29, 1.82) is 0 Å². The van der Waals surface area contributed by atoms with Crippen LogP contribution in [0.15, 0.2) is 46.9 Å². The Morgan fingerprint density at radius 2 is 2.00 bits per heavy atom. The van der Waals surface area contributed by atoms with Gasteiger partial charge in [0.05, 0.1) is 0 Å². The van der Waals surface area contributed by atoms with Gasteiger partial charge in [0.1, 0.15) is 5.52 Å². The molecule has 0 atom stereocenters. The fraction of sp³-hybridized carbons (Fsp3) is 0.167. The normalized spacial score (nSPS) is 10.6. The van der Waals surface area contributed by atoms with E-state index in [-0.39, 0.29) is 30.1 Å². The minimum atomic E-state index is -0.287. The van der Waals surface area contributed by atoms with Gasteiger partial charge in [-0.2, -0.15) is 4.98 Å². The van der Waals surface area contributed by atoms with Crippen LogP contribution < -0.4 is 10.6 Å². The molecule has 7 heteroatoms. The van der Waals surface area contributed by atoms with Crippen LogP contribution in [-0.2, 0) is 4.79 Å². The Bertz CT molecular complexity index is 936. The van der Waals surface area contributed by atoms with Crippen molar-refractivity contribution in [2.75, 3.05) is 11.9 Å². The van der Waals surface area contributed by atoms with Crippen molar-refractivity contribution in [2.45, 2.75) is 13.3 Å². The van der Waals surface area contributed by atoms with Crippen molar-refractivity contribution in [3.8, 4) is 0 Å². The zero-order valence-electron chi connectivity index (χ0n) is 13.5. The first-order valence-electron chi connectivity index (χ1n) is 7.73. The Morgan fingerprint density at radius 1 is 1.20 bits per heavy atom. The van der Waals surface area contributed by atoms with Gasteiger partial charge in [0.2, 0.25) is 5.91 Å². The third-order valence-corrected chi connectivity index (χ3v) is 3.84. The fourth-order valence-corrected chi connectivity index (χ4v) is 2.53. The number of carbonyl (C=O) groups excluding carboxylic acids is 2. The third kappa shape index (κ3) is 4.16. The Hall–Kier alpha value is -2.86. The maximum atomic E-state index is 12.2. The molecule has 2 amide bonds. The molecule has 0 unspecified atom stereocenters. The highest BCUT2D eigenvalue weighted by Crippen LogP contribution is 2.20. The molecular weight excluding hydrogens is 342 g/mol. The van der Waals surface area contributed by atoms with E-state index in [1.54, 1.807) is 18.2 Å². The van der Waals surface area contributed by atoms with Crippen LogP contribution in [0.3, 0.4) is 0 Å². The van der Waals surface area contributed by atoms with Crippen molar-refractivity contribution >= 4 is 40.2 Å². The molecule has 2 N–H and O–H groups in total. The predicted molar refractivity (Wildman–Crippen MR) is 95.8 cm³/mol. The number of aryl methyl sites for hydroxylation is 1. The number of para-hydroxylation sites is 1. The number of nitrogens with zero attached hydrogens (tertiary/aromatic N) is 1. The Labute approximate surface area is 149 Å². The minimum absolute atomic E-state index is 0.0282. The van der Waals surface area contributed by atoms with Crippen LogP contribution in [0, 0.1) is 6.92 Å². The summed E-state index contributed by atoms with van der Waals surface area (Å²) in [5.74, 6) is -0.446. The predicted octanol–water partition coefficient (Wildman–Crippen LogP) is 3.55. The Kier molecular flexibility index (Phi) is 5.00. The summed E-state index contributed by atoms with van der Waals surface area (Å²) in [7, 11) is 0. The maximum absolute atomic E-state index is 12.2. The standard InChI is InChI=1S/C18H16ClN3O3/c1-11-4-2-3-5-13(11)21-16(23)8-9-20-17(24)12-6-7-15-14(10-12)22-18(19)25-15/h2-7,10H,8-9H2,1H3,(H,20,24)(H,21,23). The summed E-state index contributed by atoms with van der Waals surface area (Å²) in [4.78, 5) is 28.1. The lowest BCUT2D eigenvalue weighted by Crippen LogP contribution is -2.27. The van der Waals surface area contributed by atoms with Crippen LogP contribution in [-0.4, -0.2) is 23.3 Å². The largest absolute Gasteiger partial charge is 0.428 e. The first-order chi connectivity index (χ1) is 12.0. The molecule has 3 aromatic rings. The Morgan fingerprint density at radius 3 is 2.80 bits per heavy atom. The second-order valence-electron chi connectivity index (χ2n) is 5.52. The van der Waals surface area contributed by atoms with Crippen molar-refractivity contribution in [3.63, 3.8) is 0 Å². The molecule has 2 aromatic carbocycles. The molecule has 0 aliphatic heterocycles. The molecule has 1 aromatic heterocycles. The van der Waals surface area contributed by atoms with Crippen LogP contribution in [0.1, 0.15) is 22.3 Å². The summed E-state index contributed by atoms with van der Waals surface area (Å²) in [5.41, 5.74) is 3.21. The Balaban J connectivity index is 1.53. The lowest BCUT2D eigenvalue weighted by molar-refractivity contribution is -0.116. The van der Waals surface area contributed by atoms with Gasteiger partial charge in [-0.1, -0.05) is 18.2 Å². The van der Waals surface area contributed by atoms with Crippen molar-refractivity contribution in [1.82, 2.24) is 10.3 Å². The zero-order chi connectivity index (χ0) is 17.8. The third-order valence-electron chi connectivity index (χ3n) is 3.68. The van der Waals surface area contributed by atoms with Crippen LogP contribution in [0.5, 0.6) is 0 Å². The topological polar surface area (TPSA) is 84.2 Å². The maximum Gasteiger partial charge on any atom is 0.293 e. The summed E-state index contributed by atoms with van der Waals surface area (Å²) in [5, 5.41) is 5.56. The van der Waals surface area contributed by atoms with E-state index in [0.717, 1.165) is 11.3 Å². The summed E-state index contributed by atoms with van der Waals surface area (Å²) >= 11 is 5.69. The molecule has 128 valence electrons. The number of oxazole rings is 1. The van der Waals surface area contributed by atoms with Crippen molar-refractivity contribution < 1.29 is 14.0 Å². The number of nitrogens with one attached hydrogen (secondary N) is 2. The molecule has 0 saturated carbocycles. The molecule has 0 aliphatic carbocycles. The number of hydrogen-bond donors (Lipinski definition) is 2. The molecule has 0 fully saturated rings. The van der Waals surface area contributed by atoms with Gasteiger partial charge in [-0.25, -0.2) is 0 Å². The lowest BCUT2D eigenvalue weighted by atomic mass is 10.2. The lowest BCUT2D eigenvalue weighted by Gasteiger charge is -2.08. The first kappa shape index (κ1) is 17.0. The van der Waals surface area contributed by atoms with Gasteiger partial charge in [0.25, 0.3) is 11.3 Å².